The normalized spacial score (nSPS) is 12.3. The third-order valence-electron chi connectivity index (χ3n) is 12.8. The lowest BCUT2D eigenvalue weighted by Gasteiger charge is -2.34. The average Bonchev–Trinajstić information content (AvgIpc) is 4.08. The van der Waals surface area contributed by atoms with Gasteiger partial charge in [-0.05, 0) is 75.3 Å². The number of fused-ring (bicyclic) bond motifs is 12. The first-order chi connectivity index (χ1) is 30.3. The summed E-state index contributed by atoms with van der Waals surface area (Å²) in [4.78, 5) is 5.75. The summed E-state index contributed by atoms with van der Waals surface area (Å²) in [5.41, 5.74) is 8.88. The highest BCUT2D eigenvalue weighted by Crippen LogP contribution is 2.43. The fraction of sp³-hybridized carbons (Fsp3) is 0. The van der Waals surface area contributed by atoms with E-state index in [9.17, 15) is 0 Å². The van der Waals surface area contributed by atoms with E-state index in [1.165, 1.54) is 62.9 Å². The highest BCUT2D eigenvalue weighted by atomic mass is 32.1. The molecule has 0 atom stereocenters. The van der Waals surface area contributed by atoms with Crippen LogP contribution in [-0.4, -0.2) is 26.6 Å². The van der Waals surface area contributed by atoms with Crippen LogP contribution in [0.25, 0.3) is 81.2 Å². The third-order valence-corrected chi connectivity index (χ3v) is 18.8. The molecule has 0 spiro atoms. The van der Waals surface area contributed by atoms with Gasteiger partial charge in [-0.2, -0.15) is 0 Å². The average molecular weight is 813 g/mol. The van der Waals surface area contributed by atoms with Gasteiger partial charge in [-0.15, -0.1) is 11.3 Å². The van der Waals surface area contributed by atoms with Crippen LogP contribution >= 0.6 is 11.3 Å². The van der Waals surface area contributed by atoms with Crippen molar-refractivity contribution in [1.82, 2.24) is 18.5 Å². The van der Waals surface area contributed by atoms with Crippen LogP contribution in [0.5, 0.6) is 0 Å². The summed E-state index contributed by atoms with van der Waals surface area (Å²) < 4.78 is 9.80. The summed E-state index contributed by atoms with van der Waals surface area (Å²) in [6.45, 7) is 0. The molecule has 4 nitrogen and oxygen atoms in total. The Bertz CT molecular complexity index is 3730. The molecule has 0 unspecified atom stereocenters. The Hall–Kier alpha value is -7.51. The fourth-order valence-corrected chi connectivity index (χ4v) is 16.3. The van der Waals surface area contributed by atoms with Gasteiger partial charge in [0.15, 0.2) is 8.07 Å². The van der Waals surface area contributed by atoms with Crippen molar-refractivity contribution in [3.8, 4) is 11.4 Å². The molecule has 0 fully saturated rings. The van der Waals surface area contributed by atoms with Gasteiger partial charge >= 0.3 is 0 Å². The number of hydrogen-bond donors (Lipinski definition) is 0. The van der Waals surface area contributed by atoms with E-state index >= 15 is 0 Å². The molecule has 4 heterocycles. The molecule has 9 aromatic carbocycles. The molecular formula is C55H36N4SSi. The van der Waals surface area contributed by atoms with E-state index in [1.54, 1.807) is 0 Å². The molecule has 0 aliphatic heterocycles. The van der Waals surface area contributed by atoms with E-state index in [4.69, 9.17) is 4.98 Å². The van der Waals surface area contributed by atoms with Crippen molar-refractivity contribution < 1.29 is 0 Å². The minimum atomic E-state index is -2.79. The second kappa shape index (κ2) is 13.2. The van der Waals surface area contributed by atoms with Crippen LogP contribution in [0, 0.1) is 0 Å². The maximum Gasteiger partial charge on any atom is 0.220 e. The van der Waals surface area contributed by atoms with Crippen molar-refractivity contribution in [3.05, 3.63) is 218 Å². The van der Waals surface area contributed by atoms with Gasteiger partial charge < -0.3 is 4.57 Å². The second-order valence-electron chi connectivity index (χ2n) is 15.9. The number of benzene rings is 9. The van der Waals surface area contributed by atoms with E-state index in [-0.39, 0.29) is 0 Å². The predicted octanol–water partition coefficient (Wildman–Crippen LogP) is 11.3. The Labute approximate surface area is 356 Å². The number of imidazole rings is 2. The number of aromatic nitrogens is 4. The van der Waals surface area contributed by atoms with Crippen molar-refractivity contribution in [3.63, 3.8) is 0 Å². The summed E-state index contributed by atoms with van der Waals surface area (Å²) >= 11 is 1.87. The summed E-state index contributed by atoms with van der Waals surface area (Å²) in [6, 6.07) is 80.4. The van der Waals surface area contributed by atoms with Crippen molar-refractivity contribution in [2.75, 3.05) is 0 Å². The van der Waals surface area contributed by atoms with Crippen LogP contribution in [0.4, 0.5) is 0 Å². The minimum absolute atomic E-state index is 0.893. The van der Waals surface area contributed by atoms with Gasteiger partial charge in [0, 0.05) is 31.9 Å². The van der Waals surface area contributed by atoms with E-state index < -0.39 is 8.07 Å². The number of hydrogen-bond acceptors (Lipinski definition) is 2. The molecule has 0 saturated carbocycles. The number of thiophene rings is 1. The highest BCUT2D eigenvalue weighted by Gasteiger charge is 2.41. The molecule has 0 bridgehead atoms. The molecule has 0 aliphatic carbocycles. The molecule has 13 aromatic rings. The van der Waals surface area contributed by atoms with Gasteiger partial charge in [0.1, 0.15) is 5.52 Å². The summed E-state index contributed by atoms with van der Waals surface area (Å²) in [5.74, 6) is 0.893. The molecule has 0 N–H and O–H groups in total. The lowest BCUT2D eigenvalue weighted by molar-refractivity contribution is 1.11. The van der Waals surface area contributed by atoms with E-state index in [0.717, 1.165) is 39.0 Å². The number of rotatable bonds is 6. The zero-order chi connectivity index (χ0) is 40.1. The molecular weight excluding hydrogens is 777 g/mol. The zero-order valence-electron chi connectivity index (χ0n) is 33.0. The Morgan fingerprint density at radius 3 is 1.69 bits per heavy atom. The summed E-state index contributed by atoms with van der Waals surface area (Å²) in [5, 5.41) is 10.4. The second-order valence-corrected chi connectivity index (χ2v) is 20.8. The first-order valence-electron chi connectivity index (χ1n) is 20.8. The minimum Gasteiger partial charge on any atom is -0.306 e. The Kier molecular flexibility index (Phi) is 7.46. The van der Waals surface area contributed by atoms with Crippen molar-refractivity contribution >= 4 is 110 Å². The third kappa shape index (κ3) is 4.83. The zero-order valence-corrected chi connectivity index (χ0v) is 34.8. The van der Waals surface area contributed by atoms with Crippen LogP contribution in [0.15, 0.2) is 218 Å². The largest absolute Gasteiger partial charge is 0.306 e. The van der Waals surface area contributed by atoms with Gasteiger partial charge in [0.05, 0.1) is 38.0 Å². The Balaban J connectivity index is 1.12. The number of nitrogens with zero attached hydrogens (tertiary/aromatic N) is 4. The maximum atomic E-state index is 5.75. The van der Waals surface area contributed by atoms with E-state index in [0.29, 0.717) is 0 Å². The van der Waals surface area contributed by atoms with Crippen molar-refractivity contribution in [1.29, 1.82) is 0 Å². The van der Waals surface area contributed by atoms with Crippen molar-refractivity contribution in [2.45, 2.75) is 0 Å². The van der Waals surface area contributed by atoms with Crippen LogP contribution in [0.1, 0.15) is 0 Å². The Morgan fingerprint density at radius 2 is 0.967 bits per heavy atom. The first kappa shape index (κ1) is 34.4. The lowest BCUT2D eigenvalue weighted by atomic mass is 10.1. The van der Waals surface area contributed by atoms with Gasteiger partial charge in [0.2, 0.25) is 5.78 Å². The maximum absolute atomic E-state index is 5.75. The van der Waals surface area contributed by atoms with Crippen LogP contribution < -0.4 is 20.7 Å². The van der Waals surface area contributed by atoms with Crippen LogP contribution in [0.2, 0.25) is 0 Å². The smallest absolute Gasteiger partial charge is 0.220 e. The molecule has 286 valence electrons. The topological polar surface area (TPSA) is 27.2 Å². The van der Waals surface area contributed by atoms with Gasteiger partial charge in [-0.1, -0.05) is 164 Å². The van der Waals surface area contributed by atoms with Gasteiger partial charge in [-0.3, -0.25) is 8.97 Å². The molecule has 13 rings (SSSR count). The molecule has 0 aliphatic rings. The monoisotopic (exact) mass is 812 g/mol. The summed E-state index contributed by atoms with van der Waals surface area (Å²) in [6.07, 6.45) is 0. The summed E-state index contributed by atoms with van der Waals surface area (Å²) in [7, 11) is -2.79. The highest BCUT2D eigenvalue weighted by molar-refractivity contribution is 7.26. The predicted molar refractivity (Wildman–Crippen MR) is 260 cm³/mol. The molecule has 0 saturated heterocycles. The van der Waals surface area contributed by atoms with E-state index in [1.807, 2.05) is 11.3 Å². The Morgan fingerprint density at radius 1 is 0.393 bits per heavy atom. The van der Waals surface area contributed by atoms with Crippen LogP contribution in [0.3, 0.4) is 0 Å². The number of para-hydroxylation sites is 3. The molecule has 0 radical (unpaired) electrons. The molecule has 0 amide bonds. The van der Waals surface area contributed by atoms with Crippen molar-refractivity contribution in [2.24, 2.45) is 0 Å². The van der Waals surface area contributed by atoms with Crippen LogP contribution in [-0.2, 0) is 0 Å². The standard InChI is InChI=1S/C55H36N4SSi/c1-4-19-38(20-5-1)61(39-21-6-2-7-22-39,40-23-8-3-9-24-40)41-25-16-18-37(36-41)57-47-30-13-14-31-48(47)59-49-35-34-44-42-26-10-12-29-46(42)58(53(44)52(49)56-55(57)59)50-32-17-28-45-43-27-11-15-33-51(43)60-54(45)50/h1-36H. The van der Waals surface area contributed by atoms with E-state index in [2.05, 4.69) is 232 Å². The molecule has 4 aromatic heterocycles. The lowest BCUT2D eigenvalue weighted by Crippen LogP contribution is -2.74. The molecule has 6 heteroatoms. The van der Waals surface area contributed by atoms with Gasteiger partial charge in [-0.25, -0.2) is 4.98 Å². The molecule has 61 heavy (non-hydrogen) atoms. The van der Waals surface area contributed by atoms with Gasteiger partial charge in [0.25, 0.3) is 0 Å². The first-order valence-corrected chi connectivity index (χ1v) is 23.6. The quantitative estimate of drug-likeness (QED) is 0.121. The SMILES string of the molecule is c1ccc([Si](c2ccccc2)(c2ccccc2)c2cccc(-n3c4ccccc4n4c5ccc6c7ccccc7n(-c7cccc8c7sc7ccccc78)c6c5nc34)c2)cc1. The fourth-order valence-electron chi connectivity index (χ4n) is 10.3.